The first-order valence-corrected chi connectivity index (χ1v) is 5.76. The van der Waals surface area contributed by atoms with Gasteiger partial charge in [-0.05, 0) is 26.7 Å². The lowest BCUT2D eigenvalue weighted by atomic mass is 9.98. The van der Waals surface area contributed by atoms with Crippen LogP contribution in [0.25, 0.3) is 0 Å². The summed E-state index contributed by atoms with van der Waals surface area (Å²) in [5, 5.41) is 0. The Hall–Kier alpha value is -0.0100. The highest BCUT2D eigenvalue weighted by atomic mass is 35.5. The summed E-state index contributed by atoms with van der Waals surface area (Å²) in [6.45, 7) is 5.71. The number of likely N-dealkylation sites (tertiary alicyclic amines) is 1. The molecule has 0 aromatic heterocycles. The van der Waals surface area contributed by atoms with E-state index in [0.29, 0.717) is 5.88 Å². The van der Waals surface area contributed by atoms with Crippen LogP contribution in [0, 0.1) is 0 Å². The van der Waals surface area contributed by atoms with E-state index in [1.165, 1.54) is 19.3 Å². The summed E-state index contributed by atoms with van der Waals surface area (Å²) in [5.74, 6) is 0.636. The van der Waals surface area contributed by atoms with Crippen molar-refractivity contribution in [3.8, 4) is 0 Å². The van der Waals surface area contributed by atoms with Crippen LogP contribution in [0.2, 0.25) is 0 Å². The minimum absolute atomic E-state index is 0.636. The molecule has 0 aromatic rings. The topological polar surface area (TPSA) is 3.24 Å². The molecule has 0 aromatic carbocycles. The summed E-state index contributed by atoms with van der Waals surface area (Å²) < 4.78 is 0. The van der Waals surface area contributed by atoms with Crippen LogP contribution in [0.5, 0.6) is 0 Å². The second kappa shape index (κ2) is 5.66. The Labute approximate surface area is 86.8 Å². The van der Waals surface area contributed by atoms with E-state index >= 15 is 0 Å². The first-order valence-electron chi connectivity index (χ1n) is 5.22. The second-order valence-electron chi connectivity index (χ2n) is 3.95. The van der Waals surface area contributed by atoms with E-state index in [0.717, 1.165) is 18.6 Å². The van der Waals surface area contributed by atoms with Gasteiger partial charge in [0.15, 0.2) is 0 Å². The lowest BCUT2D eigenvalue weighted by Crippen LogP contribution is -2.43. The van der Waals surface area contributed by atoms with Crippen molar-refractivity contribution in [3.05, 3.63) is 12.2 Å². The fraction of sp³-hybridized carbons (Fsp3) is 0.818. The zero-order valence-electron chi connectivity index (χ0n) is 8.67. The summed E-state index contributed by atoms with van der Waals surface area (Å²) in [6.07, 6.45) is 8.30. The van der Waals surface area contributed by atoms with Crippen LogP contribution in [0.4, 0.5) is 0 Å². The molecule has 0 N–H and O–H groups in total. The molecule has 2 heteroatoms. The monoisotopic (exact) mass is 201 g/mol. The molecule has 1 aliphatic rings. The molecule has 1 saturated heterocycles. The van der Waals surface area contributed by atoms with Crippen molar-refractivity contribution < 1.29 is 0 Å². The fourth-order valence-electron chi connectivity index (χ4n) is 2.09. The normalized spacial score (nSPS) is 31.3. The molecular formula is C11H20ClN. The molecule has 0 bridgehead atoms. The largest absolute Gasteiger partial charge is 0.294 e. The standard InChI is InChI=1S/C11H20ClN/c1-10-6-5-7-11(2)13(10)9-4-3-8-12/h3-4,10-11H,5-9H2,1-2H3. The van der Waals surface area contributed by atoms with Crippen LogP contribution >= 0.6 is 11.6 Å². The van der Waals surface area contributed by atoms with Crippen LogP contribution in [0.3, 0.4) is 0 Å². The van der Waals surface area contributed by atoms with Gasteiger partial charge < -0.3 is 0 Å². The van der Waals surface area contributed by atoms with Gasteiger partial charge in [-0.3, -0.25) is 4.90 Å². The van der Waals surface area contributed by atoms with E-state index in [2.05, 4.69) is 24.8 Å². The average Bonchev–Trinajstić information content (AvgIpc) is 2.10. The SMILES string of the molecule is CC1CCCC(C)N1CC=CCCl. The first kappa shape index (κ1) is 11.1. The third-order valence-electron chi connectivity index (χ3n) is 2.95. The molecular weight excluding hydrogens is 182 g/mol. The minimum Gasteiger partial charge on any atom is -0.294 e. The average molecular weight is 202 g/mol. The number of hydrogen-bond donors (Lipinski definition) is 0. The molecule has 1 heterocycles. The van der Waals surface area contributed by atoms with E-state index in [9.17, 15) is 0 Å². The maximum atomic E-state index is 5.59. The van der Waals surface area contributed by atoms with Crippen LogP contribution < -0.4 is 0 Å². The van der Waals surface area contributed by atoms with Gasteiger partial charge in [0.2, 0.25) is 0 Å². The molecule has 0 saturated carbocycles. The molecule has 13 heavy (non-hydrogen) atoms. The lowest BCUT2D eigenvalue weighted by Gasteiger charge is -2.38. The van der Waals surface area contributed by atoms with Gasteiger partial charge in [0.1, 0.15) is 0 Å². The highest BCUT2D eigenvalue weighted by Crippen LogP contribution is 2.21. The molecule has 1 rings (SSSR count). The summed E-state index contributed by atoms with van der Waals surface area (Å²) in [5.41, 5.74) is 0. The van der Waals surface area contributed by atoms with E-state index in [4.69, 9.17) is 11.6 Å². The number of nitrogens with zero attached hydrogens (tertiary/aromatic N) is 1. The summed E-state index contributed by atoms with van der Waals surface area (Å²) in [7, 11) is 0. The van der Waals surface area contributed by atoms with Gasteiger partial charge in [-0.25, -0.2) is 0 Å². The third-order valence-corrected chi connectivity index (χ3v) is 3.13. The fourth-order valence-corrected chi connectivity index (χ4v) is 2.22. The van der Waals surface area contributed by atoms with Crippen molar-refractivity contribution in [2.75, 3.05) is 12.4 Å². The van der Waals surface area contributed by atoms with Crippen molar-refractivity contribution in [2.24, 2.45) is 0 Å². The van der Waals surface area contributed by atoms with E-state index in [1.54, 1.807) is 0 Å². The molecule has 2 atom stereocenters. The smallest absolute Gasteiger partial charge is 0.0404 e. The number of hydrogen-bond acceptors (Lipinski definition) is 1. The predicted molar refractivity (Wildman–Crippen MR) is 59.3 cm³/mol. The van der Waals surface area contributed by atoms with Crippen molar-refractivity contribution in [1.82, 2.24) is 4.90 Å². The molecule has 1 aliphatic heterocycles. The predicted octanol–water partition coefficient (Wildman–Crippen LogP) is 3.04. The Morgan fingerprint density at radius 2 is 1.85 bits per heavy atom. The maximum absolute atomic E-state index is 5.59. The van der Waals surface area contributed by atoms with Crippen molar-refractivity contribution in [2.45, 2.75) is 45.2 Å². The van der Waals surface area contributed by atoms with Gasteiger partial charge in [-0.2, -0.15) is 0 Å². The Balaban J connectivity index is 2.39. The maximum Gasteiger partial charge on any atom is 0.0404 e. The number of rotatable bonds is 3. The number of halogens is 1. The highest BCUT2D eigenvalue weighted by molar-refractivity contribution is 6.18. The second-order valence-corrected chi connectivity index (χ2v) is 4.26. The first-order chi connectivity index (χ1) is 6.25. The highest BCUT2D eigenvalue weighted by Gasteiger charge is 2.22. The minimum atomic E-state index is 0.636. The van der Waals surface area contributed by atoms with Crippen molar-refractivity contribution in [1.29, 1.82) is 0 Å². The molecule has 76 valence electrons. The Kier molecular flexibility index (Phi) is 4.82. The summed E-state index contributed by atoms with van der Waals surface area (Å²) in [6, 6.07) is 1.48. The van der Waals surface area contributed by atoms with Gasteiger partial charge in [0, 0.05) is 24.5 Å². The Morgan fingerprint density at radius 1 is 1.23 bits per heavy atom. The van der Waals surface area contributed by atoms with Gasteiger partial charge in [0.25, 0.3) is 0 Å². The zero-order chi connectivity index (χ0) is 9.68. The van der Waals surface area contributed by atoms with Crippen molar-refractivity contribution in [3.63, 3.8) is 0 Å². The lowest BCUT2D eigenvalue weighted by molar-refractivity contribution is 0.119. The molecule has 0 aliphatic carbocycles. The summed E-state index contributed by atoms with van der Waals surface area (Å²) in [4.78, 5) is 2.56. The van der Waals surface area contributed by atoms with Crippen LogP contribution in [-0.2, 0) is 0 Å². The number of alkyl halides is 1. The molecule has 0 radical (unpaired) electrons. The van der Waals surface area contributed by atoms with Gasteiger partial charge in [-0.1, -0.05) is 18.6 Å². The third kappa shape index (κ3) is 3.32. The number of piperidine rings is 1. The van der Waals surface area contributed by atoms with Crippen LogP contribution in [0.15, 0.2) is 12.2 Å². The number of allylic oxidation sites excluding steroid dienone is 1. The summed E-state index contributed by atoms with van der Waals surface area (Å²) >= 11 is 5.59. The molecule has 1 fully saturated rings. The van der Waals surface area contributed by atoms with Gasteiger partial charge in [-0.15, -0.1) is 11.6 Å². The van der Waals surface area contributed by atoms with Crippen molar-refractivity contribution >= 4 is 11.6 Å². The zero-order valence-corrected chi connectivity index (χ0v) is 9.43. The quantitative estimate of drug-likeness (QED) is 0.501. The van der Waals surface area contributed by atoms with Gasteiger partial charge >= 0.3 is 0 Å². The van der Waals surface area contributed by atoms with E-state index in [1.807, 2.05) is 6.08 Å². The van der Waals surface area contributed by atoms with Crippen LogP contribution in [-0.4, -0.2) is 29.4 Å². The molecule has 0 spiro atoms. The van der Waals surface area contributed by atoms with E-state index < -0.39 is 0 Å². The van der Waals surface area contributed by atoms with Crippen LogP contribution in [0.1, 0.15) is 33.1 Å². The Morgan fingerprint density at radius 3 is 2.38 bits per heavy atom. The Bertz CT molecular complexity index is 157. The van der Waals surface area contributed by atoms with Gasteiger partial charge in [0.05, 0.1) is 0 Å². The molecule has 1 nitrogen and oxygen atoms in total. The van der Waals surface area contributed by atoms with E-state index in [-0.39, 0.29) is 0 Å². The molecule has 2 unspecified atom stereocenters. The molecule has 0 amide bonds.